The predicted molar refractivity (Wildman–Crippen MR) is 140 cm³/mol. The van der Waals surface area contributed by atoms with E-state index in [0.717, 1.165) is 21.2 Å². The molecular weight excluding hydrogens is 520 g/mol. The van der Waals surface area contributed by atoms with Crippen molar-refractivity contribution in [3.8, 4) is 0 Å². The molecule has 0 radical (unpaired) electrons. The molecule has 0 saturated carbocycles. The summed E-state index contributed by atoms with van der Waals surface area (Å²) in [6, 6.07) is 17.7. The van der Waals surface area contributed by atoms with Crippen LogP contribution >= 0.6 is 11.3 Å². The number of aromatic nitrogens is 1. The molecule has 0 atom stereocenters. The number of rotatable bonds is 6. The zero-order valence-electron chi connectivity index (χ0n) is 19.4. The minimum atomic E-state index is -3.75. The molecule has 9 nitrogen and oxygen atoms in total. The van der Waals surface area contributed by atoms with Gasteiger partial charge in [-0.15, -0.1) is 0 Å². The summed E-state index contributed by atoms with van der Waals surface area (Å²) < 4.78 is 54.3. The first kappa shape index (κ1) is 24.4. The second kappa shape index (κ2) is 8.96. The first-order chi connectivity index (χ1) is 17.1. The number of benzene rings is 3. The monoisotopic (exact) mass is 542 g/mol. The summed E-state index contributed by atoms with van der Waals surface area (Å²) >= 11 is 1.15. The van der Waals surface area contributed by atoms with Crippen LogP contribution in [-0.2, 0) is 26.5 Å². The quantitative estimate of drug-likeness (QED) is 0.398. The summed E-state index contributed by atoms with van der Waals surface area (Å²) in [6.45, 7) is 0.374. The Morgan fingerprint density at radius 1 is 0.972 bits per heavy atom. The molecule has 0 unspecified atom stereocenters. The lowest BCUT2D eigenvalue weighted by Gasteiger charge is -2.19. The van der Waals surface area contributed by atoms with Crippen LogP contribution < -0.4 is 9.62 Å². The molecule has 1 aliphatic heterocycles. The topological polar surface area (TPSA) is 117 Å². The van der Waals surface area contributed by atoms with Crippen LogP contribution in [0.1, 0.15) is 15.9 Å². The second-order valence-corrected chi connectivity index (χ2v) is 13.4. The Morgan fingerprint density at radius 2 is 1.67 bits per heavy atom. The summed E-state index contributed by atoms with van der Waals surface area (Å²) in [5.74, 6) is -0.453. The van der Waals surface area contributed by atoms with Crippen LogP contribution in [0.15, 0.2) is 76.5 Å². The minimum Gasteiger partial charge on any atom is -0.298 e. The molecule has 1 aromatic heterocycles. The highest BCUT2D eigenvalue weighted by atomic mass is 32.2. The third-order valence-corrected chi connectivity index (χ3v) is 10.5. The van der Waals surface area contributed by atoms with Gasteiger partial charge in [-0.2, -0.15) is 0 Å². The Labute approximate surface area is 213 Å². The van der Waals surface area contributed by atoms with Gasteiger partial charge in [0.15, 0.2) is 5.13 Å². The van der Waals surface area contributed by atoms with Gasteiger partial charge in [-0.1, -0.05) is 29.5 Å². The third kappa shape index (κ3) is 4.26. The number of fused-ring (bicyclic) bond motifs is 2. The average Bonchev–Trinajstić information content (AvgIpc) is 3.47. The number of carbonyl (C=O) groups excluding carboxylic acids is 1. The van der Waals surface area contributed by atoms with Crippen LogP contribution in [0.25, 0.3) is 10.2 Å². The molecule has 1 aliphatic rings. The molecule has 2 heterocycles. The van der Waals surface area contributed by atoms with Gasteiger partial charge in [0, 0.05) is 26.2 Å². The Hall–Kier alpha value is -3.32. The summed E-state index contributed by atoms with van der Waals surface area (Å²) in [7, 11) is -4.43. The zero-order valence-corrected chi connectivity index (χ0v) is 21.8. The van der Waals surface area contributed by atoms with E-state index in [-0.39, 0.29) is 15.4 Å². The lowest BCUT2D eigenvalue weighted by molar-refractivity contribution is 0.102. The fourth-order valence-corrected chi connectivity index (χ4v) is 7.37. The normalized spacial score (nSPS) is 13.8. The molecule has 1 amide bonds. The predicted octanol–water partition coefficient (Wildman–Crippen LogP) is 3.55. The molecule has 3 aromatic carbocycles. The van der Waals surface area contributed by atoms with Crippen LogP contribution in [-0.4, -0.2) is 52.7 Å². The summed E-state index contributed by atoms with van der Waals surface area (Å²) in [6.07, 6.45) is 0.653. The summed E-state index contributed by atoms with van der Waals surface area (Å²) in [5, 5.41) is 3.01. The molecule has 0 bridgehead atoms. The van der Waals surface area contributed by atoms with Crippen molar-refractivity contribution >= 4 is 58.3 Å². The molecule has 12 heteroatoms. The standard InChI is InChI=1S/C24H22N4O5S3/c1-27(2)35(30,31)19-11-12-20-22(15-19)34-24(25-20)26-23(29)17-7-9-18(10-8-17)36(32,33)28-14-13-16-5-3-4-6-21(16)28/h3-12,15H,13-14H2,1-2H3,(H,25,26,29). The van der Waals surface area contributed by atoms with Crippen LogP contribution in [0.2, 0.25) is 0 Å². The highest BCUT2D eigenvalue weighted by Gasteiger charge is 2.30. The first-order valence-corrected chi connectivity index (χ1v) is 14.6. The number of nitrogens with zero attached hydrogens (tertiary/aromatic N) is 3. The summed E-state index contributed by atoms with van der Waals surface area (Å²) in [4.78, 5) is 17.4. The number of carbonyl (C=O) groups is 1. The minimum absolute atomic E-state index is 0.102. The van der Waals surface area contributed by atoms with E-state index in [1.54, 1.807) is 12.1 Å². The number of nitrogens with one attached hydrogen (secondary N) is 1. The van der Waals surface area contributed by atoms with E-state index in [4.69, 9.17) is 0 Å². The van der Waals surface area contributed by atoms with Crippen LogP contribution in [0.3, 0.4) is 0 Å². The maximum Gasteiger partial charge on any atom is 0.264 e. The van der Waals surface area contributed by atoms with E-state index >= 15 is 0 Å². The molecule has 4 aromatic rings. The van der Waals surface area contributed by atoms with Gasteiger partial charge >= 0.3 is 0 Å². The van der Waals surface area contributed by atoms with E-state index in [0.29, 0.717) is 34.0 Å². The Bertz CT molecular complexity index is 1700. The SMILES string of the molecule is CN(C)S(=O)(=O)c1ccc2nc(NC(=O)c3ccc(S(=O)(=O)N4CCc5ccccc54)cc3)sc2c1. The van der Waals surface area contributed by atoms with Crippen molar-refractivity contribution in [1.82, 2.24) is 9.29 Å². The van der Waals surface area contributed by atoms with Gasteiger partial charge < -0.3 is 0 Å². The first-order valence-electron chi connectivity index (χ1n) is 10.9. The average molecular weight is 543 g/mol. The van der Waals surface area contributed by atoms with Crippen LogP contribution in [0, 0.1) is 0 Å². The number of anilines is 2. The molecule has 36 heavy (non-hydrogen) atoms. The van der Waals surface area contributed by atoms with Gasteiger partial charge in [0.1, 0.15) is 0 Å². The maximum absolute atomic E-state index is 13.2. The maximum atomic E-state index is 13.2. The van der Waals surface area contributed by atoms with E-state index in [1.165, 1.54) is 54.8 Å². The van der Waals surface area contributed by atoms with Crippen molar-refractivity contribution in [3.63, 3.8) is 0 Å². The van der Waals surface area contributed by atoms with Gasteiger partial charge in [-0.05, 0) is 60.5 Å². The highest BCUT2D eigenvalue weighted by molar-refractivity contribution is 7.92. The molecule has 186 valence electrons. The Morgan fingerprint density at radius 3 is 2.39 bits per heavy atom. The van der Waals surface area contributed by atoms with Crippen LogP contribution in [0.5, 0.6) is 0 Å². The van der Waals surface area contributed by atoms with Gasteiger partial charge in [0.2, 0.25) is 10.0 Å². The van der Waals surface area contributed by atoms with Crippen LogP contribution in [0.4, 0.5) is 10.8 Å². The van der Waals surface area contributed by atoms with E-state index < -0.39 is 26.0 Å². The van der Waals surface area contributed by atoms with Gasteiger partial charge in [0.25, 0.3) is 15.9 Å². The van der Waals surface area contributed by atoms with Gasteiger partial charge in [-0.3, -0.25) is 14.4 Å². The smallest absolute Gasteiger partial charge is 0.264 e. The van der Waals surface area contributed by atoms with E-state index in [2.05, 4.69) is 10.3 Å². The van der Waals surface area contributed by atoms with Crippen molar-refractivity contribution in [1.29, 1.82) is 0 Å². The third-order valence-electron chi connectivity index (χ3n) is 5.91. The Kier molecular flexibility index (Phi) is 6.07. The fourth-order valence-electron chi connectivity index (χ4n) is 3.96. The number of hydrogen-bond donors (Lipinski definition) is 1. The number of para-hydroxylation sites is 1. The van der Waals surface area contributed by atoms with Crippen molar-refractivity contribution in [3.05, 3.63) is 77.9 Å². The Balaban J connectivity index is 1.34. The molecule has 0 spiro atoms. The second-order valence-electron chi connectivity index (χ2n) is 8.37. The molecule has 0 fully saturated rings. The molecule has 0 saturated heterocycles. The summed E-state index contributed by atoms with van der Waals surface area (Å²) in [5.41, 5.74) is 2.49. The number of sulfonamides is 2. The van der Waals surface area contributed by atoms with Crippen molar-refractivity contribution in [2.24, 2.45) is 0 Å². The molecule has 1 N–H and O–H groups in total. The lowest BCUT2D eigenvalue weighted by Crippen LogP contribution is -2.29. The van der Waals surface area contributed by atoms with E-state index in [1.807, 2.05) is 18.2 Å². The largest absolute Gasteiger partial charge is 0.298 e. The number of amides is 1. The number of thiazole rings is 1. The molecular formula is C24H22N4O5S3. The van der Waals surface area contributed by atoms with Crippen molar-refractivity contribution < 1.29 is 21.6 Å². The fraction of sp³-hybridized carbons (Fsp3) is 0.167. The molecule has 0 aliphatic carbocycles. The van der Waals surface area contributed by atoms with E-state index in [9.17, 15) is 21.6 Å². The highest BCUT2D eigenvalue weighted by Crippen LogP contribution is 2.33. The van der Waals surface area contributed by atoms with Gasteiger partial charge in [-0.25, -0.2) is 26.1 Å². The lowest BCUT2D eigenvalue weighted by atomic mass is 10.2. The van der Waals surface area contributed by atoms with Crippen molar-refractivity contribution in [2.45, 2.75) is 16.2 Å². The van der Waals surface area contributed by atoms with Crippen molar-refractivity contribution in [2.75, 3.05) is 30.3 Å². The molecule has 5 rings (SSSR count). The zero-order chi connectivity index (χ0) is 25.7. The number of hydrogen-bond acceptors (Lipinski definition) is 7. The van der Waals surface area contributed by atoms with Gasteiger partial charge in [0.05, 0.1) is 25.7 Å².